The monoisotopic (exact) mass is 597 g/mol. The van der Waals surface area contributed by atoms with Crippen LogP contribution in [-0.4, -0.2) is 17.4 Å². The van der Waals surface area contributed by atoms with Crippen molar-refractivity contribution in [3.63, 3.8) is 0 Å². The van der Waals surface area contributed by atoms with Crippen molar-refractivity contribution in [2.24, 2.45) is 5.73 Å². The molecule has 0 unspecified atom stereocenters. The highest BCUT2D eigenvalue weighted by Gasteiger charge is 2.25. The second-order valence-electron chi connectivity index (χ2n) is 8.34. The number of thioether (sulfide) groups is 1. The van der Waals surface area contributed by atoms with E-state index in [0.717, 1.165) is 30.8 Å². The first-order chi connectivity index (χ1) is 18.9. The molecule has 202 valence electrons. The first kappa shape index (κ1) is 28.9. The predicted molar refractivity (Wildman–Crippen MR) is 166 cm³/mol. The molecule has 1 aliphatic heterocycles. The number of ketones is 1. The molecule has 0 spiro atoms. The van der Waals surface area contributed by atoms with Gasteiger partial charge in [0.05, 0.1) is 17.1 Å². The van der Waals surface area contributed by atoms with Crippen molar-refractivity contribution < 1.29 is 9.36 Å². The molecule has 0 bridgehead atoms. The number of carbonyl (C=O) groups is 1. The molecular weight excluding hydrogens is 568 g/mol. The van der Waals surface area contributed by atoms with Crippen LogP contribution in [0.3, 0.4) is 0 Å². The summed E-state index contributed by atoms with van der Waals surface area (Å²) in [5, 5.41) is 4.37. The highest BCUT2D eigenvalue weighted by Crippen LogP contribution is 2.46. The fraction of sp³-hybridized carbons (Fsp3) is 0.207. The molecule has 2 aromatic heterocycles. The SMILES string of the molecule is CC.CCn1c(=O)/c(=C2\Sc3cc(Cl)ccc3N2C)s/c1=C\c1scc[n+]1CC(=O)/C=C(\N)c1ccccc1. The largest absolute Gasteiger partial charge is 0.398 e. The molecule has 0 saturated carbocycles. The number of allylic oxidation sites excluding steroid dienone is 1. The number of anilines is 1. The van der Waals surface area contributed by atoms with E-state index in [1.54, 1.807) is 16.3 Å². The maximum atomic E-state index is 13.4. The average Bonchev–Trinajstić information content (AvgIpc) is 3.60. The van der Waals surface area contributed by atoms with Crippen LogP contribution in [0.5, 0.6) is 0 Å². The van der Waals surface area contributed by atoms with Gasteiger partial charge in [0, 0.05) is 35.3 Å². The lowest BCUT2D eigenvalue weighted by atomic mass is 10.1. The molecule has 2 N–H and O–H groups in total. The predicted octanol–water partition coefficient (Wildman–Crippen LogP) is 4.66. The Kier molecular flexibility index (Phi) is 9.50. The zero-order chi connectivity index (χ0) is 28.1. The summed E-state index contributed by atoms with van der Waals surface area (Å²) in [6.45, 7) is 6.66. The van der Waals surface area contributed by atoms with Gasteiger partial charge in [-0.15, -0.1) is 11.3 Å². The van der Waals surface area contributed by atoms with Crippen LogP contribution in [-0.2, 0) is 17.9 Å². The van der Waals surface area contributed by atoms with Gasteiger partial charge in [0.1, 0.15) is 14.2 Å². The van der Waals surface area contributed by atoms with Crippen LogP contribution in [0.15, 0.2) is 75.9 Å². The van der Waals surface area contributed by atoms with E-state index in [0.29, 0.717) is 21.8 Å². The van der Waals surface area contributed by atoms with Gasteiger partial charge in [-0.1, -0.05) is 78.9 Å². The van der Waals surface area contributed by atoms with Gasteiger partial charge in [-0.05, 0) is 30.7 Å². The molecule has 0 amide bonds. The number of thiazole rings is 2. The van der Waals surface area contributed by atoms with Gasteiger partial charge < -0.3 is 10.6 Å². The van der Waals surface area contributed by atoms with Crippen LogP contribution in [0.2, 0.25) is 5.02 Å². The van der Waals surface area contributed by atoms with Gasteiger partial charge >= 0.3 is 0 Å². The lowest BCUT2D eigenvalue weighted by Crippen LogP contribution is -2.38. The fourth-order valence-electron chi connectivity index (χ4n) is 4.06. The van der Waals surface area contributed by atoms with E-state index in [9.17, 15) is 9.59 Å². The third-order valence-corrected chi connectivity index (χ3v) is 9.48. The summed E-state index contributed by atoms with van der Waals surface area (Å²) in [5.41, 5.74) is 8.39. The Bertz CT molecular complexity index is 1700. The van der Waals surface area contributed by atoms with Crippen LogP contribution in [0, 0.1) is 0 Å². The van der Waals surface area contributed by atoms with Crippen molar-refractivity contribution in [3.05, 3.63) is 101 Å². The standard InChI is InChI=1S/C27H23ClN4O2S3.C2H6/c1-3-32-24(37-25(26(32)34)27-30(2)21-10-9-18(28)13-22(21)36-27)15-23-31(11-12-35-23)16-19(33)14-20(29)17-7-5-4-6-8-17;1-2/h4-15H,3,16H2,1-2H3,(H-,29,33);1-2H3/p+1/b27-25+;. The first-order valence-electron chi connectivity index (χ1n) is 12.5. The van der Waals surface area contributed by atoms with Crippen LogP contribution >= 0.6 is 46.0 Å². The third-order valence-electron chi connectivity index (χ3n) is 5.93. The normalized spacial score (nSPS) is 14.7. The highest BCUT2D eigenvalue weighted by atomic mass is 35.5. The Morgan fingerprint density at radius 1 is 1.15 bits per heavy atom. The van der Waals surface area contributed by atoms with E-state index in [1.807, 2.05) is 103 Å². The topological polar surface area (TPSA) is 72.2 Å². The van der Waals surface area contributed by atoms with E-state index in [1.165, 1.54) is 28.7 Å². The zero-order valence-corrected chi connectivity index (χ0v) is 25.4. The number of benzene rings is 2. The van der Waals surface area contributed by atoms with E-state index in [2.05, 4.69) is 0 Å². The first-order valence-corrected chi connectivity index (χ1v) is 15.4. The number of hydrogen-bond donors (Lipinski definition) is 1. The minimum absolute atomic E-state index is 0.0234. The minimum atomic E-state index is -0.102. The average molecular weight is 598 g/mol. The molecule has 10 heteroatoms. The van der Waals surface area contributed by atoms with E-state index < -0.39 is 0 Å². The lowest BCUT2D eigenvalue weighted by Gasteiger charge is -2.12. The van der Waals surface area contributed by atoms with Crippen LogP contribution in [0.1, 0.15) is 31.3 Å². The van der Waals surface area contributed by atoms with Crippen molar-refractivity contribution in [3.8, 4) is 0 Å². The third kappa shape index (κ3) is 6.22. The molecule has 3 heterocycles. The van der Waals surface area contributed by atoms with E-state index in [4.69, 9.17) is 17.3 Å². The van der Waals surface area contributed by atoms with Gasteiger partial charge in [-0.25, -0.2) is 0 Å². The summed E-state index contributed by atoms with van der Waals surface area (Å²) in [6.07, 6.45) is 5.33. The molecule has 6 nitrogen and oxygen atoms in total. The Labute approximate surface area is 245 Å². The molecule has 39 heavy (non-hydrogen) atoms. The van der Waals surface area contributed by atoms with Gasteiger partial charge in [0.25, 0.3) is 10.6 Å². The van der Waals surface area contributed by atoms with Crippen LogP contribution in [0.4, 0.5) is 5.69 Å². The summed E-state index contributed by atoms with van der Waals surface area (Å²) < 4.78 is 5.18. The van der Waals surface area contributed by atoms with Crippen molar-refractivity contribution in [2.75, 3.05) is 11.9 Å². The summed E-state index contributed by atoms with van der Waals surface area (Å²) in [4.78, 5) is 29.2. The molecule has 0 aliphatic carbocycles. The molecule has 0 fully saturated rings. The number of carbonyl (C=O) groups excluding carboxylic acids is 1. The van der Waals surface area contributed by atoms with Crippen LogP contribution in [0.25, 0.3) is 16.8 Å². The maximum Gasteiger partial charge on any atom is 0.271 e. The Hall–Kier alpha value is -3.11. The molecule has 0 radical (unpaired) electrons. The zero-order valence-electron chi connectivity index (χ0n) is 22.2. The molecule has 2 aromatic carbocycles. The quantitative estimate of drug-likeness (QED) is 0.258. The van der Waals surface area contributed by atoms with Gasteiger partial charge in [-0.3, -0.25) is 14.2 Å². The van der Waals surface area contributed by atoms with Crippen molar-refractivity contribution in [2.45, 2.75) is 38.8 Å². The van der Waals surface area contributed by atoms with Gasteiger partial charge in [0.15, 0.2) is 6.20 Å². The Morgan fingerprint density at radius 3 is 2.62 bits per heavy atom. The summed E-state index contributed by atoms with van der Waals surface area (Å²) in [7, 11) is 1.97. The molecular formula is C29H30ClN4O2S3+. The summed E-state index contributed by atoms with van der Waals surface area (Å²) in [5.74, 6) is -0.102. The maximum absolute atomic E-state index is 13.4. The van der Waals surface area contributed by atoms with Crippen LogP contribution < -0.4 is 30.0 Å². The van der Waals surface area contributed by atoms with Gasteiger partial charge in [-0.2, -0.15) is 4.57 Å². The fourth-order valence-corrected chi connectivity index (χ4v) is 7.66. The van der Waals surface area contributed by atoms with Crippen molar-refractivity contribution in [1.29, 1.82) is 0 Å². The number of hydrogen-bond acceptors (Lipinski definition) is 7. The molecule has 4 aromatic rings. The Balaban J connectivity index is 0.00000172. The van der Waals surface area contributed by atoms with Crippen molar-refractivity contribution in [1.82, 2.24) is 4.57 Å². The lowest BCUT2D eigenvalue weighted by molar-refractivity contribution is -0.680. The van der Waals surface area contributed by atoms with Crippen molar-refractivity contribution >= 4 is 74.3 Å². The number of nitrogens with zero attached hydrogens (tertiary/aromatic N) is 3. The molecule has 0 saturated heterocycles. The minimum Gasteiger partial charge on any atom is -0.398 e. The number of nitrogens with two attached hydrogens (primary N) is 1. The number of aromatic nitrogens is 2. The highest BCUT2D eigenvalue weighted by molar-refractivity contribution is 8.08. The summed E-state index contributed by atoms with van der Waals surface area (Å²) in [6, 6.07) is 15.2. The van der Waals surface area contributed by atoms with E-state index >= 15 is 0 Å². The second-order valence-corrected chi connectivity index (χ2v) is 11.8. The molecule has 1 aliphatic rings. The number of fused-ring (bicyclic) bond motifs is 1. The number of halogens is 1. The van der Waals surface area contributed by atoms with Gasteiger partial charge in [0.2, 0.25) is 12.3 Å². The Morgan fingerprint density at radius 2 is 1.90 bits per heavy atom. The molecule has 0 atom stereocenters. The second kappa shape index (κ2) is 12.8. The molecule has 5 rings (SSSR count). The summed E-state index contributed by atoms with van der Waals surface area (Å²) >= 11 is 10.7. The van der Waals surface area contributed by atoms with E-state index in [-0.39, 0.29) is 17.9 Å². The smallest absolute Gasteiger partial charge is 0.271 e. The number of rotatable bonds is 6.